The Bertz CT molecular complexity index is 1840. The highest BCUT2D eigenvalue weighted by Crippen LogP contribution is 2.28. The summed E-state index contributed by atoms with van der Waals surface area (Å²) in [5.74, 6) is 0.745. The van der Waals surface area contributed by atoms with Crippen molar-refractivity contribution in [2.24, 2.45) is 11.8 Å². The number of rotatable bonds is 12. The second-order valence-corrected chi connectivity index (χ2v) is 15.4. The molecule has 4 atom stereocenters. The summed E-state index contributed by atoms with van der Waals surface area (Å²) in [5.41, 5.74) is 4.03. The molecule has 0 aliphatic carbocycles. The van der Waals surface area contributed by atoms with E-state index in [0.29, 0.717) is 44.5 Å². The summed E-state index contributed by atoms with van der Waals surface area (Å²) in [7, 11) is 0. The first-order valence-corrected chi connectivity index (χ1v) is 21.3. The molecule has 1 N–H and O–H groups in total. The molecule has 0 unspecified atom stereocenters. The molecular formula is C48H61ClN4O6. The molecule has 2 heterocycles. The van der Waals surface area contributed by atoms with Gasteiger partial charge >= 0.3 is 12.2 Å². The number of nitrogens with one attached hydrogen (secondary N) is 1. The van der Waals surface area contributed by atoms with Crippen LogP contribution in [0, 0.1) is 11.8 Å². The number of piperidine rings is 2. The summed E-state index contributed by atoms with van der Waals surface area (Å²) in [5, 5.41) is 3.28. The first-order chi connectivity index (χ1) is 28.6. The zero-order chi connectivity index (χ0) is 42.4. The van der Waals surface area contributed by atoms with Crippen molar-refractivity contribution in [3.8, 4) is 0 Å². The molecule has 0 aromatic heterocycles. The molecule has 2 fully saturated rings. The topological polar surface area (TPSA) is 108 Å². The fraction of sp³-hybridized carbons (Fsp3) is 0.417. The predicted octanol–water partition coefficient (Wildman–Crippen LogP) is 10.6. The monoisotopic (exact) mass is 824 g/mol. The summed E-state index contributed by atoms with van der Waals surface area (Å²) in [4.78, 5) is 52.8. The largest absolute Gasteiger partial charge is 0.445 e. The predicted molar refractivity (Wildman–Crippen MR) is 236 cm³/mol. The SMILES string of the molecule is CCC(=O)Cl.CCC(=O)N(c1ccccc1)[C@H](C)[C@@H]1CCCN(C(=O)OCc2ccccc2)C1.C[C@@H](Nc1ccccc1)[C@@H]1CCCN(C(=O)OCc2ccccc2)C1. The molecule has 2 saturated heterocycles. The average Bonchev–Trinajstić information content (AvgIpc) is 3.29. The van der Waals surface area contributed by atoms with E-state index >= 15 is 0 Å². The second-order valence-electron chi connectivity index (χ2n) is 15.0. The van der Waals surface area contributed by atoms with Gasteiger partial charge in [-0.3, -0.25) is 9.59 Å². The molecule has 4 aromatic rings. The Kier molecular flexibility index (Phi) is 19.8. The number of halogens is 1. The van der Waals surface area contributed by atoms with Gasteiger partial charge < -0.3 is 29.5 Å². The van der Waals surface area contributed by atoms with Crippen LogP contribution in [0.4, 0.5) is 21.0 Å². The van der Waals surface area contributed by atoms with Gasteiger partial charge in [-0.15, -0.1) is 0 Å². The van der Waals surface area contributed by atoms with Gasteiger partial charge in [0.25, 0.3) is 0 Å². The summed E-state index contributed by atoms with van der Waals surface area (Å²) in [6, 6.07) is 39.9. The maximum absolute atomic E-state index is 12.7. The third kappa shape index (κ3) is 15.7. The van der Waals surface area contributed by atoms with Crippen LogP contribution in [0.1, 0.15) is 77.3 Å². The van der Waals surface area contributed by atoms with Gasteiger partial charge in [-0.05, 0) is 98.4 Å². The Morgan fingerprint density at radius 2 is 1.08 bits per heavy atom. The Morgan fingerprint density at radius 3 is 1.54 bits per heavy atom. The van der Waals surface area contributed by atoms with Crippen molar-refractivity contribution in [3.05, 3.63) is 132 Å². The van der Waals surface area contributed by atoms with Crippen LogP contribution in [0.3, 0.4) is 0 Å². The van der Waals surface area contributed by atoms with Crippen molar-refractivity contribution in [1.82, 2.24) is 9.80 Å². The normalized spacial score (nSPS) is 17.0. The summed E-state index contributed by atoms with van der Waals surface area (Å²) in [6.07, 6.45) is 4.45. The second kappa shape index (κ2) is 25.2. The van der Waals surface area contributed by atoms with Crippen LogP contribution in [-0.4, -0.2) is 71.4 Å². The summed E-state index contributed by atoms with van der Waals surface area (Å²) >= 11 is 4.82. The number of nitrogens with zero attached hydrogens (tertiary/aromatic N) is 3. The van der Waals surface area contributed by atoms with E-state index in [0.717, 1.165) is 61.3 Å². The number of likely N-dealkylation sites (tertiary alicyclic amines) is 2. The number of carbonyl (C=O) groups excluding carboxylic acids is 4. The fourth-order valence-electron chi connectivity index (χ4n) is 7.27. The van der Waals surface area contributed by atoms with Crippen LogP contribution in [0.25, 0.3) is 0 Å². The van der Waals surface area contributed by atoms with Crippen molar-refractivity contribution in [1.29, 1.82) is 0 Å². The van der Waals surface area contributed by atoms with E-state index < -0.39 is 0 Å². The van der Waals surface area contributed by atoms with E-state index in [9.17, 15) is 19.2 Å². The first-order valence-electron chi connectivity index (χ1n) is 20.9. The molecule has 3 amide bonds. The van der Waals surface area contributed by atoms with E-state index in [2.05, 4.69) is 31.3 Å². The highest BCUT2D eigenvalue weighted by Gasteiger charge is 2.33. The average molecular weight is 825 g/mol. The van der Waals surface area contributed by atoms with E-state index in [1.165, 1.54) is 0 Å². The Hall–Kier alpha value is -5.35. The van der Waals surface area contributed by atoms with Gasteiger partial charge in [0.2, 0.25) is 11.1 Å². The standard InChI is InChI=1S/C24H30N2O3.C21H26N2O2.C3H5ClO/c1-3-23(27)26(22-14-8-5-9-15-22)19(2)21-13-10-16-25(17-21)24(28)29-18-20-11-6-4-7-12-20;1-17(22-20-12-6-3-7-13-20)19-11-8-14-23(15-19)21(24)25-16-18-9-4-2-5-10-18;1-2-3(4)5/h4-9,11-12,14-15,19,21H,3,10,13,16-18H2,1-2H3;2-7,9-10,12-13,17,19,22H,8,11,14-16H2,1H3;2H2,1H3/t19-,21-;17-,19-;/m11./s1. The number of amides is 3. The van der Waals surface area contributed by atoms with Gasteiger partial charge in [0.15, 0.2) is 0 Å². The number of para-hydroxylation sites is 2. The highest BCUT2D eigenvalue weighted by molar-refractivity contribution is 6.63. The molecule has 11 heteroatoms. The molecule has 0 saturated carbocycles. The first kappa shape index (κ1) is 46.3. The molecule has 316 valence electrons. The van der Waals surface area contributed by atoms with Crippen LogP contribution in [0.15, 0.2) is 121 Å². The third-order valence-corrected chi connectivity index (χ3v) is 11.0. The van der Waals surface area contributed by atoms with E-state index in [-0.39, 0.29) is 41.9 Å². The quantitative estimate of drug-likeness (QED) is 0.142. The zero-order valence-corrected chi connectivity index (χ0v) is 35.8. The molecule has 4 aromatic carbocycles. The molecule has 0 spiro atoms. The minimum absolute atomic E-state index is 0.00886. The minimum Gasteiger partial charge on any atom is -0.445 e. The smallest absolute Gasteiger partial charge is 0.410 e. The Labute approximate surface area is 355 Å². The van der Waals surface area contributed by atoms with Crippen LogP contribution in [-0.2, 0) is 32.3 Å². The lowest BCUT2D eigenvalue weighted by Gasteiger charge is -2.40. The number of ether oxygens (including phenoxy) is 2. The number of hydrogen-bond donors (Lipinski definition) is 1. The van der Waals surface area contributed by atoms with Gasteiger partial charge in [0, 0.05) is 62.5 Å². The molecule has 59 heavy (non-hydrogen) atoms. The maximum atomic E-state index is 12.7. The fourth-order valence-corrected chi connectivity index (χ4v) is 7.27. The molecule has 6 rings (SSSR count). The molecular weight excluding hydrogens is 764 g/mol. The van der Waals surface area contributed by atoms with Gasteiger partial charge in [0.05, 0.1) is 0 Å². The van der Waals surface area contributed by atoms with Crippen molar-refractivity contribution in [2.45, 2.75) is 91.5 Å². The molecule has 0 radical (unpaired) electrons. The van der Waals surface area contributed by atoms with Crippen LogP contribution in [0.2, 0.25) is 0 Å². The van der Waals surface area contributed by atoms with Crippen LogP contribution in [0.5, 0.6) is 0 Å². The van der Waals surface area contributed by atoms with Gasteiger partial charge in [-0.1, -0.05) is 111 Å². The van der Waals surface area contributed by atoms with Gasteiger partial charge in [0.1, 0.15) is 13.2 Å². The number of carbonyl (C=O) groups is 4. The van der Waals surface area contributed by atoms with Crippen LogP contribution < -0.4 is 10.2 Å². The van der Waals surface area contributed by atoms with Gasteiger partial charge in [-0.2, -0.15) is 0 Å². The maximum Gasteiger partial charge on any atom is 0.410 e. The van der Waals surface area contributed by atoms with Gasteiger partial charge in [-0.25, -0.2) is 9.59 Å². The van der Waals surface area contributed by atoms with Crippen molar-refractivity contribution in [2.75, 3.05) is 36.4 Å². The summed E-state index contributed by atoms with van der Waals surface area (Å²) < 4.78 is 11.0. The molecule has 2 aliphatic heterocycles. The van der Waals surface area contributed by atoms with Crippen molar-refractivity contribution >= 4 is 46.3 Å². The van der Waals surface area contributed by atoms with Crippen molar-refractivity contribution < 1.29 is 28.7 Å². The minimum atomic E-state index is -0.279. The zero-order valence-electron chi connectivity index (χ0n) is 35.0. The summed E-state index contributed by atoms with van der Waals surface area (Å²) in [6.45, 7) is 11.3. The van der Waals surface area contributed by atoms with Crippen molar-refractivity contribution in [3.63, 3.8) is 0 Å². The number of hydrogen-bond acceptors (Lipinski definition) is 7. The molecule has 0 bridgehead atoms. The number of anilines is 2. The highest BCUT2D eigenvalue weighted by atomic mass is 35.5. The molecule has 10 nitrogen and oxygen atoms in total. The lowest BCUT2D eigenvalue weighted by Crippen LogP contribution is -2.50. The molecule has 2 aliphatic rings. The lowest BCUT2D eigenvalue weighted by atomic mass is 9.90. The van der Waals surface area contributed by atoms with E-state index in [1.807, 2.05) is 126 Å². The lowest BCUT2D eigenvalue weighted by molar-refractivity contribution is -0.119. The Balaban J connectivity index is 0.000000236. The third-order valence-electron chi connectivity index (χ3n) is 10.7. The number of benzene rings is 4. The van der Waals surface area contributed by atoms with E-state index in [4.69, 9.17) is 21.1 Å². The Morgan fingerprint density at radius 1 is 0.661 bits per heavy atom. The van der Waals surface area contributed by atoms with E-state index in [1.54, 1.807) is 11.8 Å². The van der Waals surface area contributed by atoms with Crippen LogP contribution >= 0.6 is 11.6 Å².